The minimum atomic E-state index is -0.0484. The van der Waals surface area contributed by atoms with E-state index < -0.39 is 0 Å². The predicted octanol–water partition coefficient (Wildman–Crippen LogP) is 2.65. The number of carbonyl (C=O) groups is 1. The number of amides is 1. The van der Waals surface area contributed by atoms with Crippen LogP contribution in [0.25, 0.3) is 11.3 Å². The fraction of sp³-hybridized carbons (Fsp3) is 0.412. The first-order valence-electron chi connectivity index (χ1n) is 7.78. The van der Waals surface area contributed by atoms with Gasteiger partial charge in [0.05, 0.1) is 12.1 Å². The molecule has 3 N–H and O–H groups in total. The molecule has 4 unspecified atom stereocenters. The molecule has 2 aliphatic rings. The molecule has 4 atom stereocenters. The molecule has 1 amide bonds. The second kappa shape index (κ2) is 5.25. The summed E-state index contributed by atoms with van der Waals surface area (Å²) >= 11 is 0. The number of benzene rings is 1. The van der Waals surface area contributed by atoms with E-state index in [1.54, 1.807) is 6.20 Å². The monoisotopic (exact) mass is 297 g/mol. The molecule has 5 heteroatoms. The number of aromatic nitrogens is 1. The van der Waals surface area contributed by atoms with Crippen molar-refractivity contribution in [1.82, 2.24) is 4.98 Å². The summed E-state index contributed by atoms with van der Waals surface area (Å²) in [4.78, 5) is 16.5. The molecule has 1 aromatic heterocycles. The lowest BCUT2D eigenvalue weighted by Gasteiger charge is -2.27. The van der Waals surface area contributed by atoms with E-state index in [9.17, 15) is 4.79 Å². The van der Waals surface area contributed by atoms with Gasteiger partial charge in [0.25, 0.3) is 0 Å². The smallest absolute Gasteiger partial charge is 0.229 e. The molecule has 22 heavy (non-hydrogen) atoms. The number of nitrogens with one attached hydrogen (secondary N) is 1. The van der Waals surface area contributed by atoms with Crippen molar-refractivity contribution in [2.45, 2.75) is 25.3 Å². The van der Waals surface area contributed by atoms with Crippen LogP contribution in [0.4, 0.5) is 5.69 Å². The third-order valence-corrected chi connectivity index (χ3v) is 5.13. The van der Waals surface area contributed by atoms with Crippen molar-refractivity contribution in [3.05, 3.63) is 36.9 Å². The van der Waals surface area contributed by atoms with Crippen molar-refractivity contribution >= 4 is 11.6 Å². The van der Waals surface area contributed by atoms with Gasteiger partial charge in [0.2, 0.25) is 5.91 Å². The second-order valence-electron chi connectivity index (χ2n) is 6.37. The van der Waals surface area contributed by atoms with E-state index in [2.05, 4.69) is 10.3 Å². The molecule has 2 fully saturated rings. The molecule has 2 aromatic rings. The Balaban J connectivity index is 1.52. The lowest BCUT2D eigenvalue weighted by atomic mass is 9.84. The topological polar surface area (TPSA) is 81.2 Å². The van der Waals surface area contributed by atoms with Crippen molar-refractivity contribution in [3.8, 4) is 11.3 Å². The molecular weight excluding hydrogens is 278 g/mol. The molecule has 114 valence electrons. The van der Waals surface area contributed by atoms with Gasteiger partial charge in [-0.05, 0) is 43.2 Å². The zero-order valence-corrected chi connectivity index (χ0v) is 12.2. The summed E-state index contributed by atoms with van der Waals surface area (Å²) < 4.78 is 5.29. The highest BCUT2D eigenvalue weighted by atomic mass is 16.3. The van der Waals surface area contributed by atoms with E-state index in [4.69, 9.17) is 10.2 Å². The Bertz CT molecular complexity index is 681. The van der Waals surface area contributed by atoms with Crippen LogP contribution in [0.2, 0.25) is 0 Å². The van der Waals surface area contributed by atoms with Crippen LogP contribution in [0, 0.1) is 17.8 Å². The van der Waals surface area contributed by atoms with Crippen LogP contribution in [0.3, 0.4) is 0 Å². The fourth-order valence-corrected chi connectivity index (χ4v) is 4.06. The van der Waals surface area contributed by atoms with E-state index in [0.717, 1.165) is 24.1 Å². The number of rotatable bonds is 3. The van der Waals surface area contributed by atoms with E-state index in [1.807, 2.05) is 24.3 Å². The maximum Gasteiger partial charge on any atom is 0.229 e. The molecule has 2 aliphatic carbocycles. The Hall–Kier alpha value is -2.14. The molecule has 0 aliphatic heterocycles. The highest BCUT2D eigenvalue weighted by Crippen LogP contribution is 2.47. The average Bonchev–Trinajstić information content (AvgIpc) is 3.24. The van der Waals surface area contributed by atoms with Gasteiger partial charge in [-0.1, -0.05) is 12.1 Å². The lowest BCUT2D eigenvalue weighted by molar-refractivity contribution is -0.121. The first kappa shape index (κ1) is 13.5. The Morgan fingerprint density at radius 1 is 1.32 bits per heavy atom. The van der Waals surface area contributed by atoms with Crippen LogP contribution in [0.1, 0.15) is 19.3 Å². The minimum absolute atomic E-state index is 0.0104. The number of anilines is 1. The first-order chi connectivity index (χ1) is 10.7. The van der Waals surface area contributed by atoms with E-state index >= 15 is 0 Å². The SMILES string of the molecule is NC1C2CCC(C2)C1C(=O)Nc1cccc(-c2cnco2)c1. The zero-order chi connectivity index (χ0) is 15.1. The first-order valence-corrected chi connectivity index (χ1v) is 7.78. The average molecular weight is 297 g/mol. The van der Waals surface area contributed by atoms with Crippen LogP contribution in [0.15, 0.2) is 41.3 Å². The normalized spacial score (nSPS) is 29.7. The molecular formula is C17H19N3O2. The molecule has 1 heterocycles. The van der Waals surface area contributed by atoms with E-state index in [0.29, 0.717) is 17.6 Å². The molecule has 5 nitrogen and oxygen atoms in total. The lowest BCUT2D eigenvalue weighted by Crippen LogP contribution is -2.42. The maximum absolute atomic E-state index is 12.6. The van der Waals surface area contributed by atoms with Gasteiger partial charge >= 0.3 is 0 Å². The standard InChI is InChI=1S/C17H19N3O2/c18-16-12-5-4-11(6-12)15(16)17(21)20-13-3-1-2-10(7-13)14-8-19-9-22-14/h1-3,7-9,11-12,15-16H,4-6,18H2,(H,20,21). The largest absolute Gasteiger partial charge is 0.444 e. The molecule has 0 radical (unpaired) electrons. The van der Waals surface area contributed by atoms with Gasteiger partial charge in [-0.2, -0.15) is 0 Å². The highest BCUT2D eigenvalue weighted by Gasteiger charge is 2.49. The van der Waals surface area contributed by atoms with Gasteiger partial charge in [0.1, 0.15) is 0 Å². The Labute approximate surface area is 128 Å². The van der Waals surface area contributed by atoms with Gasteiger partial charge in [0.15, 0.2) is 12.2 Å². The Morgan fingerprint density at radius 2 is 2.18 bits per heavy atom. The number of carbonyl (C=O) groups excluding carboxylic acids is 1. The second-order valence-corrected chi connectivity index (χ2v) is 6.37. The third-order valence-electron chi connectivity index (χ3n) is 5.13. The molecule has 0 saturated heterocycles. The summed E-state index contributed by atoms with van der Waals surface area (Å²) in [5.74, 6) is 1.67. The van der Waals surface area contributed by atoms with E-state index in [-0.39, 0.29) is 17.9 Å². The highest BCUT2D eigenvalue weighted by molar-refractivity contribution is 5.94. The van der Waals surface area contributed by atoms with Crippen LogP contribution >= 0.6 is 0 Å². The van der Waals surface area contributed by atoms with E-state index in [1.165, 1.54) is 12.8 Å². The zero-order valence-electron chi connectivity index (χ0n) is 12.2. The van der Waals surface area contributed by atoms with Crippen molar-refractivity contribution in [2.24, 2.45) is 23.5 Å². The number of hydrogen-bond donors (Lipinski definition) is 2. The van der Waals surface area contributed by atoms with Crippen molar-refractivity contribution < 1.29 is 9.21 Å². The summed E-state index contributed by atoms with van der Waals surface area (Å²) in [6.07, 6.45) is 6.48. The molecule has 2 saturated carbocycles. The number of fused-ring (bicyclic) bond motifs is 2. The minimum Gasteiger partial charge on any atom is -0.444 e. The Kier molecular flexibility index (Phi) is 3.22. The maximum atomic E-state index is 12.6. The van der Waals surface area contributed by atoms with Gasteiger partial charge in [-0.15, -0.1) is 0 Å². The third kappa shape index (κ3) is 2.22. The quantitative estimate of drug-likeness (QED) is 0.912. The molecule has 4 rings (SSSR count). The van der Waals surface area contributed by atoms with Crippen molar-refractivity contribution in [3.63, 3.8) is 0 Å². The van der Waals surface area contributed by atoms with Gasteiger partial charge in [0, 0.05) is 17.3 Å². The van der Waals surface area contributed by atoms with Crippen molar-refractivity contribution in [2.75, 3.05) is 5.32 Å². The number of hydrogen-bond acceptors (Lipinski definition) is 4. The number of nitrogens with two attached hydrogens (primary N) is 1. The van der Waals surface area contributed by atoms with Gasteiger partial charge in [-0.25, -0.2) is 4.98 Å². The van der Waals surface area contributed by atoms with Crippen LogP contribution in [-0.2, 0) is 4.79 Å². The van der Waals surface area contributed by atoms with Crippen LogP contribution < -0.4 is 11.1 Å². The predicted molar refractivity (Wildman–Crippen MR) is 82.9 cm³/mol. The molecule has 2 bridgehead atoms. The summed E-state index contributed by atoms with van der Waals surface area (Å²) in [6.45, 7) is 0. The Morgan fingerprint density at radius 3 is 2.91 bits per heavy atom. The molecule has 0 spiro atoms. The van der Waals surface area contributed by atoms with Gasteiger partial charge in [-0.3, -0.25) is 4.79 Å². The summed E-state index contributed by atoms with van der Waals surface area (Å²) in [5, 5.41) is 3.02. The van der Waals surface area contributed by atoms with Crippen molar-refractivity contribution in [1.29, 1.82) is 0 Å². The van der Waals surface area contributed by atoms with Crippen LogP contribution in [-0.4, -0.2) is 16.9 Å². The summed E-state index contributed by atoms with van der Waals surface area (Å²) in [5.41, 5.74) is 7.91. The summed E-state index contributed by atoms with van der Waals surface area (Å²) in [6, 6.07) is 7.62. The molecule has 1 aromatic carbocycles. The van der Waals surface area contributed by atoms with Crippen LogP contribution in [0.5, 0.6) is 0 Å². The summed E-state index contributed by atoms with van der Waals surface area (Å²) in [7, 11) is 0. The fourth-order valence-electron chi connectivity index (χ4n) is 4.06. The number of nitrogens with zero attached hydrogens (tertiary/aromatic N) is 1. The number of oxazole rings is 1. The van der Waals surface area contributed by atoms with Gasteiger partial charge < -0.3 is 15.5 Å².